The van der Waals surface area contributed by atoms with Gasteiger partial charge in [-0.3, -0.25) is 14.5 Å². The van der Waals surface area contributed by atoms with Crippen LogP contribution in [0.25, 0.3) is 0 Å². The van der Waals surface area contributed by atoms with Gasteiger partial charge < -0.3 is 24.4 Å². The van der Waals surface area contributed by atoms with Gasteiger partial charge in [0.25, 0.3) is 5.91 Å². The monoisotopic (exact) mass is 425 g/mol. The van der Waals surface area contributed by atoms with Crippen LogP contribution in [0.1, 0.15) is 6.92 Å². The molecule has 2 heterocycles. The number of para-hydroxylation sites is 4. The highest BCUT2D eigenvalue weighted by atomic mass is 16.6. The average molecular weight is 425 g/mol. The first-order valence-corrected chi connectivity index (χ1v) is 10.4. The van der Waals surface area contributed by atoms with E-state index in [1.165, 1.54) is 0 Å². The second-order valence-electron chi connectivity index (χ2n) is 7.59. The lowest BCUT2D eigenvalue weighted by atomic mass is 10.2. The minimum atomic E-state index is -0.646. The van der Waals surface area contributed by atoms with Crippen molar-refractivity contribution in [3.8, 4) is 17.2 Å². The number of nitrogens with one attached hydrogen (secondary N) is 1. The van der Waals surface area contributed by atoms with Crippen molar-refractivity contribution in [2.45, 2.75) is 19.1 Å². The van der Waals surface area contributed by atoms with Crippen molar-refractivity contribution in [3.05, 3.63) is 48.5 Å². The molecule has 2 aromatic rings. The van der Waals surface area contributed by atoms with Crippen molar-refractivity contribution in [2.24, 2.45) is 0 Å². The SMILES string of the molecule is COc1ccccc1NC(=O)[C@@H](C)N1CCN(C(=O)[C@H]2COc3ccccc3O2)CC1. The number of nitrogens with zero attached hydrogens (tertiary/aromatic N) is 2. The van der Waals surface area contributed by atoms with Crippen LogP contribution in [0.5, 0.6) is 17.2 Å². The maximum Gasteiger partial charge on any atom is 0.267 e. The quantitative estimate of drug-likeness (QED) is 0.790. The van der Waals surface area contributed by atoms with Crippen molar-refractivity contribution in [1.82, 2.24) is 9.80 Å². The normalized spacial score (nSPS) is 19.4. The molecule has 164 valence electrons. The molecule has 1 fully saturated rings. The standard InChI is InChI=1S/C23H27N3O5/c1-16(22(27)24-17-7-3-4-8-18(17)29-2)25-11-13-26(14-12-25)23(28)21-15-30-19-9-5-6-10-20(19)31-21/h3-10,16,21H,11-15H2,1-2H3,(H,24,27)/t16-,21-/m1/s1. The van der Waals surface area contributed by atoms with Crippen LogP contribution in [0.4, 0.5) is 5.69 Å². The van der Waals surface area contributed by atoms with Crippen molar-refractivity contribution in [2.75, 3.05) is 45.2 Å². The lowest BCUT2D eigenvalue weighted by Gasteiger charge is -2.39. The third-order valence-electron chi connectivity index (χ3n) is 5.70. The smallest absolute Gasteiger partial charge is 0.267 e. The van der Waals surface area contributed by atoms with E-state index < -0.39 is 6.10 Å². The van der Waals surface area contributed by atoms with E-state index in [-0.39, 0.29) is 24.5 Å². The average Bonchev–Trinajstić information content (AvgIpc) is 2.83. The molecule has 0 bridgehead atoms. The van der Waals surface area contributed by atoms with Crippen LogP contribution in [-0.2, 0) is 9.59 Å². The minimum Gasteiger partial charge on any atom is -0.495 e. The summed E-state index contributed by atoms with van der Waals surface area (Å²) in [7, 11) is 1.57. The van der Waals surface area contributed by atoms with Gasteiger partial charge in [0.1, 0.15) is 12.4 Å². The zero-order chi connectivity index (χ0) is 21.8. The molecular formula is C23H27N3O5. The number of methoxy groups -OCH3 is 1. The molecule has 0 radical (unpaired) electrons. The Hall–Kier alpha value is -3.26. The molecule has 0 unspecified atom stereocenters. The van der Waals surface area contributed by atoms with Gasteiger partial charge in [-0.2, -0.15) is 0 Å². The Morgan fingerprint density at radius 2 is 1.71 bits per heavy atom. The molecule has 8 nitrogen and oxygen atoms in total. The third kappa shape index (κ3) is 4.59. The number of carbonyl (C=O) groups excluding carboxylic acids is 2. The van der Waals surface area contributed by atoms with Gasteiger partial charge >= 0.3 is 0 Å². The summed E-state index contributed by atoms with van der Waals surface area (Å²) in [5.41, 5.74) is 0.644. The largest absolute Gasteiger partial charge is 0.495 e. The molecule has 1 N–H and O–H groups in total. The van der Waals surface area contributed by atoms with E-state index in [2.05, 4.69) is 10.2 Å². The van der Waals surface area contributed by atoms with Gasteiger partial charge in [-0.15, -0.1) is 0 Å². The van der Waals surface area contributed by atoms with E-state index in [0.29, 0.717) is 49.1 Å². The number of amides is 2. The van der Waals surface area contributed by atoms with Gasteiger partial charge in [0.05, 0.1) is 18.8 Å². The van der Waals surface area contributed by atoms with E-state index in [0.717, 1.165) is 0 Å². The topological polar surface area (TPSA) is 80.3 Å². The molecule has 8 heteroatoms. The number of benzene rings is 2. The Kier molecular flexibility index (Phi) is 6.27. The number of piperazine rings is 1. The van der Waals surface area contributed by atoms with Crippen LogP contribution < -0.4 is 19.5 Å². The van der Waals surface area contributed by atoms with Crippen molar-refractivity contribution in [3.63, 3.8) is 0 Å². The summed E-state index contributed by atoms with van der Waals surface area (Å²) in [6.07, 6.45) is -0.646. The van der Waals surface area contributed by atoms with Crippen molar-refractivity contribution >= 4 is 17.5 Å². The predicted octanol–water partition coefficient (Wildman–Crippen LogP) is 2.01. The Labute approximate surface area is 181 Å². The molecule has 2 amide bonds. The first-order valence-electron chi connectivity index (χ1n) is 10.4. The van der Waals surface area contributed by atoms with Crippen molar-refractivity contribution < 1.29 is 23.8 Å². The maximum atomic E-state index is 12.9. The Morgan fingerprint density at radius 3 is 2.45 bits per heavy atom. The molecule has 2 aliphatic rings. The Morgan fingerprint density at radius 1 is 1.03 bits per heavy atom. The molecule has 4 rings (SSSR count). The van der Waals surface area contributed by atoms with E-state index in [9.17, 15) is 9.59 Å². The van der Waals surface area contributed by atoms with Crippen LogP contribution in [0, 0.1) is 0 Å². The Balaban J connectivity index is 1.30. The van der Waals surface area contributed by atoms with E-state index >= 15 is 0 Å². The van der Waals surface area contributed by atoms with E-state index in [4.69, 9.17) is 14.2 Å². The second-order valence-corrected chi connectivity index (χ2v) is 7.59. The predicted molar refractivity (Wildman–Crippen MR) is 116 cm³/mol. The Bertz CT molecular complexity index is 942. The number of anilines is 1. The van der Waals surface area contributed by atoms with Crippen LogP contribution in [0.2, 0.25) is 0 Å². The molecule has 0 aliphatic carbocycles. The number of rotatable bonds is 5. The molecule has 0 saturated carbocycles. The van der Waals surface area contributed by atoms with Gasteiger partial charge in [-0.05, 0) is 31.2 Å². The highest BCUT2D eigenvalue weighted by Crippen LogP contribution is 2.31. The molecule has 2 atom stereocenters. The summed E-state index contributed by atoms with van der Waals surface area (Å²) in [5, 5.41) is 2.93. The fourth-order valence-corrected chi connectivity index (χ4v) is 3.83. The van der Waals surface area contributed by atoms with E-state index in [1.807, 2.05) is 43.3 Å². The van der Waals surface area contributed by atoms with Gasteiger partial charge in [-0.1, -0.05) is 24.3 Å². The fraction of sp³-hybridized carbons (Fsp3) is 0.391. The number of carbonyl (C=O) groups is 2. The molecular weight excluding hydrogens is 398 g/mol. The minimum absolute atomic E-state index is 0.0831. The van der Waals surface area contributed by atoms with Gasteiger partial charge in [0, 0.05) is 26.2 Å². The third-order valence-corrected chi connectivity index (χ3v) is 5.70. The van der Waals surface area contributed by atoms with Crippen LogP contribution in [0.3, 0.4) is 0 Å². The molecule has 0 aromatic heterocycles. The van der Waals surface area contributed by atoms with Gasteiger partial charge in [-0.25, -0.2) is 0 Å². The number of ether oxygens (including phenoxy) is 3. The van der Waals surface area contributed by atoms with Crippen LogP contribution >= 0.6 is 0 Å². The second kappa shape index (κ2) is 9.26. The molecule has 1 saturated heterocycles. The lowest BCUT2D eigenvalue weighted by Crippen LogP contribution is -2.57. The summed E-state index contributed by atoms with van der Waals surface area (Å²) in [5.74, 6) is 1.68. The van der Waals surface area contributed by atoms with Crippen LogP contribution in [0.15, 0.2) is 48.5 Å². The number of hydrogen-bond acceptors (Lipinski definition) is 6. The summed E-state index contributed by atoms with van der Waals surface area (Å²) < 4.78 is 16.8. The highest BCUT2D eigenvalue weighted by molar-refractivity contribution is 5.95. The summed E-state index contributed by atoms with van der Waals surface area (Å²) in [4.78, 5) is 29.5. The summed E-state index contributed by atoms with van der Waals surface area (Å²) in [6, 6.07) is 14.3. The van der Waals surface area contributed by atoms with Gasteiger partial charge in [0.2, 0.25) is 12.0 Å². The first kappa shape index (κ1) is 21.0. The lowest BCUT2D eigenvalue weighted by molar-refractivity contribution is -0.143. The van der Waals surface area contributed by atoms with Crippen LogP contribution in [-0.4, -0.2) is 73.7 Å². The highest BCUT2D eigenvalue weighted by Gasteiger charge is 2.34. The number of fused-ring (bicyclic) bond motifs is 1. The molecule has 0 spiro atoms. The molecule has 2 aromatic carbocycles. The molecule has 2 aliphatic heterocycles. The van der Waals surface area contributed by atoms with Gasteiger partial charge in [0.15, 0.2) is 11.5 Å². The summed E-state index contributed by atoms with van der Waals surface area (Å²) in [6.45, 7) is 4.36. The molecule has 31 heavy (non-hydrogen) atoms. The maximum absolute atomic E-state index is 12.9. The first-order chi connectivity index (χ1) is 15.1. The summed E-state index contributed by atoms with van der Waals surface area (Å²) >= 11 is 0. The number of hydrogen-bond donors (Lipinski definition) is 1. The zero-order valence-corrected chi connectivity index (χ0v) is 17.7. The van der Waals surface area contributed by atoms with E-state index in [1.54, 1.807) is 24.1 Å². The fourth-order valence-electron chi connectivity index (χ4n) is 3.83. The van der Waals surface area contributed by atoms with Crippen molar-refractivity contribution in [1.29, 1.82) is 0 Å². The zero-order valence-electron chi connectivity index (χ0n) is 17.7.